The van der Waals surface area contributed by atoms with E-state index >= 15 is 0 Å². The highest BCUT2D eigenvalue weighted by atomic mass is 28.4. The lowest BCUT2D eigenvalue weighted by Gasteiger charge is -2.43. The van der Waals surface area contributed by atoms with Crippen molar-refractivity contribution in [3.05, 3.63) is 34.6 Å². The average Bonchev–Trinajstić information content (AvgIpc) is 3.02. The largest absolute Gasteiger partial charge is 0.459 e. The van der Waals surface area contributed by atoms with Crippen molar-refractivity contribution in [2.75, 3.05) is 27.4 Å². The van der Waals surface area contributed by atoms with E-state index in [0.29, 0.717) is 42.0 Å². The Labute approximate surface area is 265 Å². The lowest BCUT2D eigenvalue weighted by atomic mass is 9.71. The highest BCUT2D eigenvalue weighted by molar-refractivity contribution is 6.77. The summed E-state index contributed by atoms with van der Waals surface area (Å²) >= 11 is 0. The molecule has 1 aliphatic heterocycles. The molecule has 0 saturated heterocycles. The molecule has 0 aromatic carbocycles. The Bertz CT molecular complexity index is 981. The predicted molar refractivity (Wildman–Crippen MR) is 179 cm³/mol. The fourth-order valence-corrected chi connectivity index (χ4v) is 13.1. The maximum Gasteiger partial charge on any atom is 0.205 e. The van der Waals surface area contributed by atoms with Crippen LogP contribution in [0.15, 0.2) is 34.6 Å². The standard InChI is InChI=1S/C36H64O6Si/c1-25(2)43(26(3)4,27(5)6)41-24-21-31-30-20-23-40-35(9,10)42-33(30)34(37)36(31,11)22-19-29(8)16-14-15-28(7)17-18-32(38-12)39-13/h15,19,25-27,31-32H,14,16-18,20-24H2,1-13H3/b28-15+,29-19+/t31-,36+/m1/s1. The van der Waals surface area contributed by atoms with Crippen LogP contribution in [-0.2, 0) is 28.2 Å². The first-order chi connectivity index (χ1) is 20.1. The highest BCUT2D eigenvalue weighted by Gasteiger charge is 2.53. The summed E-state index contributed by atoms with van der Waals surface area (Å²) in [6, 6.07) is 0. The molecule has 0 N–H and O–H groups in total. The minimum absolute atomic E-state index is 0.0754. The van der Waals surface area contributed by atoms with Gasteiger partial charge in [0, 0.05) is 46.5 Å². The molecule has 2 atom stereocenters. The number of carbonyl (C=O) groups excluding carboxylic acids is 1. The first-order valence-corrected chi connectivity index (χ1v) is 18.8. The minimum Gasteiger partial charge on any atom is -0.459 e. The van der Waals surface area contributed by atoms with Crippen LogP contribution in [0.25, 0.3) is 0 Å². The molecule has 1 aliphatic carbocycles. The van der Waals surface area contributed by atoms with Crippen LogP contribution in [0.4, 0.5) is 0 Å². The normalized spacial score (nSPS) is 23.6. The molecule has 0 aromatic rings. The van der Waals surface area contributed by atoms with Gasteiger partial charge in [-0.05, 0) is 80.5 Å². The summed E-state index contributed by atoms with van der Waals surface area (Å²) in [5, 5.41) is 0. The molecule has 0 saturated carbocycles. The predicted octanol–water partition coefficient (Wildman–Crippen LogP) is 9.66. The van der Waals surface area contributed by atoms with Gasteiger partial charge in [-0.15, -0.1) is 0 Å². The number of hydrogen-bond acceptors (Lipinski definition) is 6. The Morgan fingerprint density at radius 3 is 2.09 bits per heavy atom. The van der Waals surface area contributed by atoms with Crippen LogP contribution in [0.5, 0.6) is 0 Å². The van der Waals surface area contributed by atoms with Gasteiger partial charge in [0.25, 0.3) is 0 Å². The smallest absolute Gasteiger partial charge is 0.205 e. The van der Waals surface area contributed by atoms with Gasteiger partial charge in [0.15, 0.2) is 20.4 Å². The molecule has 0 aromatic heterocycles. The molecule has 43 heavy (non-hydrogen) atoms. The number of allylic oxidation sites excluding steroid dienone is 5. The van der Waals surface area contributed by atoms with Gasteiger partial charge in [0.1, 0.15) is 0 Å². The molecule has 0 unspecified atom stereocenters. The van der Waals surface area contributed by atoms with Crippen LogP contribution in [0.1, 0.15) is 121 Å². The molecule has 2 aliphatic rings. The Morgan fingerprint density at radius 2 is 1.53 bits per heavy atom. The molecule has 0 radical (unpaired) electrons. The van der Waals surface area contributed by atoms with Crippen LogP contribution in [0.3, 0.4) is 0 Å². The second-order valence-electron chi connectivity index (χ2n) is 14.5. The maximum atomic E-state index is 14.2. The SMILES string of the molecule is COC(CC/C(C)=C/CC/C(C)=C/C[C@]1(C)C(=O)C2=C(CCOC(C)(C)O2)[C@H]1CCO[Si](C(C)C)(C(C)C)C(C)C)OC. The lowest BCUT2D eigenvalue weighted by molar-refractivity contribution is -0.188. The Kier molecular flexibility index (Phi) is 14.4. The van der Waals surface area contributed by atoms with E-state index in [0.717, 1.165) is 44.1 Å². The maximum absolute atomic E-state index is 14.2. The van der Waals surface area contributed by atoms with Crippen LogP contribution >= 0.6 is 0 Å². The molecule has 1 heterocycles. The minimum atomic E-state index is -2.01. The van der Waals surface area contributed by atoms with Gasteiger partial charge in [-0.3, -0.25) is 4.79 Å². The van der Waals surface area contributed by atoms with Gasteiger partial charge < -0.3 is 23.4 Å². The first-order valence-electron chi connectivity index (χ1n) is 16.7. The van der Waals surface area contributed by atoms with Crippen molar-refractivity contribution < 1.29 is 28.2 Å². The third-order valence-electron chi connectivity index (χ3n) is 10.0. The van der Waals surface area contributed by atoms with Crippen LogP contribution < -0.4 is 0 Å². The molecular formula is C36H64O6Si. The van der Waals surface area contributed by atoms with Crippen molar-refractivity contribution in [1.29, 1.82) is 0 Å². The van der Waals surface area contributed by atoms with Crippen molar-refractivity contribution in [3.63, 3.8) is 0 Å². The first kappa shape index (κ1) is 37.9. The number of hydrogen-bond donors (Lipinski definition) is 0. The zero-order valence-electron chi connectivity index (χ0n) is 29.9. The molecule has 0 bridgehead atoms. The van der Waals surface area contributed by atoms with Crippen molar-refractivity contribution in [3.8, 4) is 0 Å². The monoisotopic (exact) mass is 620 g/mol. The van der Waals surface area contributed by atoms with E-state index in [4.69, 9.17) is 23.4 Å². The van der Waals surface area contributed by atoms with Gasteiger partial charge in [0.05, 0.1) is 6.61 Å². The number of ether oxygens (including phenoxy) is 4. The summed E-state index contributed by atoms with van der Waals surface area (Å²) in [4.78, 5) is 14.2. The number of methoxy groups -OCH3 is 2. The fourth-order valence-electron chi connectivity index (χ4n) is 7.58. The van der Waals surface area contributed by atoms with E-state index in [9.17, 15) is 4.79 Å². The lowest BCUT2D eigenvalue weighted by Crippen LogP contribution is -2.48. The molecule has 0 fully saturated rings. The summed E-state index contributed by atoms with van der Waals surface area (Å²) < 4.78 is 29.9. The molecule has 0 amide bonds. The topological polar surface area (TPSA) is 63.2 Å². The van der Waals surface area contributed by atoms with Gasteiger partial charge in [-0.25, -0.2) is 0 Å². The molecular weight excluding hydrogens is 556 g/mol. The summed E-state index contributed by atoms with van der Waals surface area (Å²) in [5.41, 5.74) is 4.82. The zero-order valence-corrected chi connectivity index (χ0v) is 30.9. The number of rotatable bonds is 17. The van der Waals surface area contributed by atoms with E-state index in [1.54, 1.807) is 14.2 Å². The van der Waals surface area contributed by atoms with Crippen LogP contribution in [0, 0.1) is 11.3 Å². The molecule has 2 rings (SSSR count). The third-order valence-corrected chi connectivity index (χ3v) is 16.2. The van der Waals surface area contributed by atoms with Crippen molar-refractivity contribution in [2.45, 2.75) is 150 Å². The molecule has 7 heteroatoms. The number of carbonyl (C=O) groups is 1. The number of ketones is 1. The summed E-state index contributed by atoms with van der Waals surface area (Å²) in [6.45, 7) is 25.5. The Morgan fingerprint density at radius 1 is 0.953 bits per heavy atom. The second kappa shape index (κ2) is 16.3. The summed E-state index contributed by atoms with van der Waals surface area (Å²) in [7, 11) is 1.36. The van der Waals surface area contributed by atoms with Gasteiger partial charge in [-0.1, -0.05) is 71.8 Å². The quantitative estimate of drug-likeness (QED) is 0.0916. The van der Waals surface area contributed by atoms with E-state index in [2.05, 4.69) is 74.5 Å². The third kappa shape index (κ3) is 9.38. The second-order valence-corrected chi connectivity index (χ2v) is 20.0. The average molecular weight is 621 g/mol. The Hall–Kier alpha value is -1.25. The van der Waals surface area contributed by atoms with Crippen molar-refractivity contribution in [1.82, 2.24) is 0 Å². The Balaban J connectivity index is 2.23. The molecule has 0 spiro atoms. The molecule has 248 valence electrons. The van der Waals surface area contributed by atoms with E-state index in [-0.39, 0.29) is 18.0 Å². The van der Waals surface area contributed by atoms with Crippen LogP contribution in [-0.4, -0.2) is 53.6 Å². The van der Waals surface area contributed by atoms with Gasteiger partial charge >= 0.3 is 0 Å². The number of Topliss-reactive ketones (excluding diaryl/α,β-unsaturated/α-hetero) is 1. The summed E-state index contributed by atoms with van der Waals surface area (Å²) in [5.74, 6) is -0.0652. The van der Waals surface area contributed by atoms with Gasteiger partial charge in [-0.2, -0.15) is 0 Å². The molecule has 6 nitrogen and oxygen atoms in total. The van der Waals surface area contributed by atoms with E-state index in [1.165, 1.54) is 11.1 Å². The van der Waals surface area contributed by atoms with Crippen molar-refractivity contribution in [2.24, 2.45) is 11.3 Å². The van der Waals surface area contributed by atoms with Crippen molar-refractivity contribution >= 4 is 14.1 Å². The highest BCUT2D eigenvalue weighted by Crippen LogP contribution is 2.52. The zero-order chi connectivity index (χ0) is 32.6. The fraction of sp³-hybridized carbons (Fsp3) is 0.806. The van der Waals surface area contributed by atoms with Crippen LogP contribution in [0.2, 0.25) is 16.6 Å². The van der Waals surface area contributed by atoms with Gasteiger partial charge in [0.2, 0.25) is 11.6 Å². The van der Waals surface area contributed by atoms with E-state index < -0.39 is 19.5 Å². The van der Waals surface area contributed by atoms with E-state index in [1.807, 2.05) is 13.8 Å². The summed E-state index contributed by atoms with van der Waals surface area (Å²) in [6.07, 6.45) is 10.5.